The van der Waals surface area contributed by atoms with E-state index in [0.717, 1.165) is 11.1 Å². The Balaban J connectivity index is 1.81. The molecule has 2 aromatic carbocycles. The number of hydrogen-bond acceptors (Lipinski definition) is 3. The van der Waals surface area contributed by atoms with Crippen LogP contribution in [0.5, 0.6) is 5.75 Å². The third-order valence-corrected chi connectivity index (χ3v) is 4.15. The van der Waals surface area contributed by atoms with Crippen LogP contribution in [0.1, 0.15) is 16.7 Å². The van der Waals surface area contributed by atoms with Crippen LogP contribution in [0.2, 0.25) is 10.0 Å². The van der Waals surface area contributed by atoms with Crippen LogP contribution in [0, 0.1) is 13.8 Å². The Bertz CT molecular complexity index is 774. The van der Waals surface area contributed by atoms with Crippen molar-refractivity contribution in [3.63, 3.8) is 0 Å². The number of carbonyl (C=O) groups excluding carboxylic acids is 2. The number of hydrogen-bond donors (Lipinski definition) is 2. The molecule has 132 valence electrons. The summed E-state index contributed by atoms with van der Waals surface area (Å²) in [6.45, 7) is 3.62. The number of ether oxygens (including phenoxy) is 1. The smallest absolute Gasteiger partial charge is 0.276 e. The van der Waals surface area contributed by atoms with Crippen LogP contribution in [0.3, 0.4) is 0 Å². The summed E-state index contributed by atoms with van der Waals surface area (Å²) in [4.78, 5) is 23.7. The fraction of sp³-hybridized carbons (Fsp3) is 0.222. The molecule has 0 radical (unpaired) electrons. The molecule has 7 heteroatoms. The van der Waals surface area contributed by atoms with Gasteiger partial charge < -0.3 is 4.74 Å². The topological polar surface area (TPSA) is 67.4 Å². The van der Waals surface area contributed by atoms with Gasteiger partial charge in [-0.25, -0.2) is 0 Å². The van der Waals surface area contributed by atoms with Crippen LogP contribution in [0.4, 0.5) is 0 Å². The molecule has 0 heterocycles. The van der Waals surface area contributed by atoms with Crippen molar-refractivity contribution in [2.45, 2.75) is 20.3 Å². The highest BCUT2D eigenvalue weighted by atomic mass is 35.5. The van der Waals surface area contributed by atoms with Crippen LogP contribution >= 0.6 is 23.2 Å². The number of amides is 2. The summed E-state index contributed by atoms with van der Waals surface area (Å²) in [6, 6.07) is 10.7. The SMILES string of the molecule is Cc1ccc(C)c(OCC(=O)NNC(=O)Cc2c(Cl)cccc2Cl)c1. The lowest BCUT2D eigenvalue weighted by Gasteiger charge is -2.11. The van der Waals surface area contributed by atoms with Crippen molar-refractivity contribution < 1.29 is 14.3 Å². The molecular weight excluding hydrogens is 363 g/mol. The minimum atomic E-state index is -0.473. The van der Waals surface area contributed by atoms with E-state index in [1.165, 1.54) is 0 Å². The van der Waals surface area contributed by atoms with E-state index in [1.54, 1.807) is 18.2 Å². The van der Waals surface area contributed by atoms with Crippen molar-refractivity contribution in [2.75, 3.05) is 6.61 Å². The van der Waals surface area contributed by atoms with E-state index in [4.69, 9.17) is 27.9 Å². The highest BCUT2D eigenvalue weighted by Crippen LogP contribution is 2.24. The molecule has 2 amide bonds. The Morgan fingerprint density at radius 2 is 1.64 bits per heavy atom. The van der Waals surface area contributed by atoms with Gasteiger partial charge in [0, 0.05) is 10.0 Å². The number of carbonyl (C=O) groups is 2. The third kappa shape index (κ3) is 5.66. The molecule has 0 aromatic heterocycles. The minimum absolute atomic E-state index is 0.0450. The van der Waals surface area contributed by atoms with Gasteiger partial charge >= 0.3 is 0 Å². The lowest BCUT2D eigenvalue weighted by Crippen LogP contribution is -2.44. The Morgan fingerprint density at radius 3 is 2.32 bits per heavy atom. The van der Waals surface area contributed by atoms with Crippen LogP contribution < -0.4 is 15.6 Å². The lowest BCUT2D eigenvalue weighted by molar-refractivity contribution is -0.129. The predicted octanol–water partition coefficient (Wildman–Crippen LogP) is 3.38. The summed E-state index contributed by atoms with van der Waals surface area (Å²) in [5, 5.41) is 0.791. The zero-order valence-electron chi connectivity index (χ0n) is 13.9. The summed E-state index contributed by atoms with van der Waals surface area (Å²) in [5.74, 6) is -0.279. The highest BCUT2D eigenvalue weighted by molar-refractivity contribution is 6.36. The molecule has 0 atom stereocenters. The number of halogens is 2. The van der Waals surface area contributed by atoms with Gasteiger partial charge in [-0.05, 0) is 48.7 Å². The van der Waals surface area contributed by atoms with Gasteiger partial charge in [0.1, 0.15) is 5.75 Å². The van der Waals surface area contributed by atoms with Crippen LogP contribution in [-0.2, 0) is 16.0 Å². The molecule has 0 saturated carbocycles. The van der Waals surface area contributed by atoms with Gasteiger partial charge in [-0.3, -0.25) is 20.4 Å². The van der Waals surface area contributed by atoms with Crippen LogP contribution in [0.15, 0.2) is 36.4 Å². The van der Waals surface area contributed by atoms with Gasteiger partial charge in [-0.2, -0.15) is 0 Å². The number of rotatable bonds is 5. The van der Waals surface area contributed by atoms with Gasteiger partial charge in [-0.1, -0.05) is 41.4 Å². The molecule has 25 heavy (non-hydrogen) atoms. The third-order valence-electron chi connectivity index (χ3n) is 3.44. The standard InChI is InChI=1S/C18H18Cl2N2O3/c1-11-6-7-12(2)16(8-11)25-10-18(24)22-21-17(23)9-13-14(19)4-3-5-15(13)20/h3-8H,9-10H2,1-2H3,(H,21,23)(H,22,24). The van der Waals surface area contributed by atoms with E-state index in [2.05, 4.69) is 10.9 Å². The quantitative estimate of drug-likeness (QED) is 0.781. The molecule has 0 unspecified atom stereocenters. The summed E-state index contributed by atoms with van der Waals surface area (Å²) >= 11 is 12.0. The average molecular weight is 381 g/mol. The number of aryl methyl sites for hydroxylation is 2. The predicted molar refractivity (Wildman–Crippen MR) is 97.9 cm³/mol. The minimum Gasteiger partial charge on any atom is -0.483 e. The summed E-state index contributed by atoms with van der Waals surface area (Å²) < 4.78 is 5.46. The largest absolute Gasteiger partial charge is 0.483 e. The second kappa shape index (κ2) is 8.74. The van der Waals surface area contributed by atoms with E-state index >= 15 is 0 Å². The normalized spacial score (nSPS) is 10.2. The number of hydrazine groups is 1. The highest BCUT2D eigenvalue weighted by Gasteiger charge is 2.12. The maximum Gasteiger partial charge on any atom is 0.276 e. The first-order chi connectivity index (χ1) is 11.9. The van der Waals surface area contributed by atoms with Crippen molar-refractivity contribution in [1.82, 2.24) is 10.9 Å². The van der Waals surface area contributed by atoms with Crippen molar-refractivity contribution in [3.8, 4) is 5.75 Å². The Hall–Kier alpha value is -2.24. The fourth-order valence-corrected chi connectivity index (χ4v) is 2.62. The monoisotopic (exact) mass is 380 g/mol. The molecule has 2 rings (SSSR count). The molecule has 0 fully saturated rings. The Morgan fingerprint density at radius 1 is 1.00 bits per heavy atom. The van der Waals surface area contributed by atoms with Gasteiger partial charge in [0.05, 0.1) is 6.42 Å². The van der Waals surface area contributed by atoms with Crippen molar-refractivity contribution in [1.29, 1.82) is 0 Å². The van der Waals surface area contributed by atoms with Crippen LogP contribution in [-0.4, -0.2) is 18.4 Å². The maximum absolute atomic E-state index is 11.9. The Labute approximate surface area is 156 Å². The molecule has 0 bridgehead atoms. The number of benzene rings is 2. The molecule has 2 aromatic rings. The van der Waals surface area contributed by atoms with Crippen molar-refractivity contribution >= 4 is 35.0 Å². The molecule has 2 N–H and O–H groups in total. The van der Waals surface area contributed by atoms with Crippen molar-refractivity contribution in [2.24, 2.45) is 0 Å². The first-order valence-corrected chi connectivity index (χ1v) is 8.33. The molecule has 0 spiro atoms. The summed E-state index contributed by atoms with van der Waals surface area (Å²) in [7, 11) is 0. The maximum atomic E-state index is 11.9. The van der Waals surface area contributed by atoms with E-state index in [0.29, 0.717) is 21.4 Å². The molecule has 0 aliphatic carbocycles. The molecule has 0 aliphatic rings. The second-order valence-electron chi connectivity index (χ2n) is 5.53. The van der Waals surface area contributed by atoms with Gasteiger partial charge in [0.25, 0.3) is 5.91 Å². The van der Waals surface area contributed by atoms with Crippen molar-refractivity contribution in [3.05, 3.63) is 63.1 Å². The summed E-state index contributed by atoms with van der Waals surface area (Å²) in [5.41, 5.74) is 7.07. The van der Waals surface area contributed by atoms with E-state index in [1.807, 2.05) is 32.0 Å². The van der Waals surface area contributed by atoms with Gasteiger partial charge in [0.15, 0.2) is 6.61 Å². The van der Waals surface area contributed by atoms with E-state index in [-0.39, 0.29) is 13.0 Å². The first kappa shape index (κ1) is 19.1. The summed E-state index contributed by atoms with van der Waals surface area (Å²) in [6.07, 6.45) is -0.0450. The van der Waals surface area contributed by atoms with E-state index in [9.17, 15) is 9.59 Å². The number of nitrogens with one attached hydrogen (secondary N) is 2. The molecular formula is C18H18Cl2N2O3. The Kier molecular flexibility index (Phi) is 6.67. The van der Waals surface area contributed by atoms with Crippen LogP contribution in [0.25, 0.3) is 0 Å². The van der Waals surface area contributed by atoms with E-state index < -0.39 is 11.8 Å². The lowest BCUT2D eigenvalue weighted by atomic mass is 10.1. The first-order valence-electron chi connectivity index (χ1n) is 7.57. The zero-order chi connectivity index (χ0) is 18.4. The van der Waals surface area contributed by atoms with Gasteiger partial charge in [-0.15, -0.1) is 0 Å². The zero-order valence-corrected chi connectivity index (χ0v) is 15.4. The molecule has 5 nitrogen and oxygen atoms in total. The molecule has 0 aliphatic heterocycles. The fourth-order valence-electron chi connectivity index (χ4n) is 2.09. The second-order valence-corrected chi connectivity index (χ2v) is 6.35. The van der Waals surface area contributed by atoms with Gasteiger partial charge in [0.2, 0.25) is 5.91 Å². The average Bonchev–Trinajstić information content (AvgIpc) is 2.57. The molecule has 0 saturated heterocycles.